The minimum Gasteiger partial charge on any atom is -0.392 e. The minimum atomic E-state index is -0.589. The highest BCUT2D eigenvalue weighted by Gasteiger charge is 2.39. The third kappa shape index (κ3) is 4.34. The van der Waals surface area contributed by atoms with Crippen LogP contribution in [0.5, 0.6) is 0 Å². The number of imide groups is 1. The second kappa shape index (κ2) is 8.61. The smallest absolute Gasteiger partial charge is 0.255 e. The zero-order valence-electron chi connectivity index (χ0n) is 16.4. The Bertz CT molecular complexity index is 806. The van der Waals surface area contributed by atoms with E-state index < -0.39 is 11.9 Å². The highest BCUT2D eigenvalue weighted by Crippen LogP contribution is 2.28. The van der Waals surface area contributed by atoms with Crippen molar-refractivity contribution in [3.05, 3.63) is 34.9 Å². The first kappa shape index (κ1) is 20.0. The van der Waals surface area contributed by atoms with Crippen molar-refractivity contribution >= 4 is 17.7 Å². The Labute approximate surface area is 170 Å². The van der Waals surface area contributed by atoms with Crippen LogP contribution in [0.3, 0.4) is 0 Å². The molecule has 1 aromatic carbocycles. The average Bonchev–Trinajstić information content (AvgIpc) is 3.04. The van der Waals surface area contributed by atoms with E-state index in [-0.39, 0.29) is 24.3 Å². The van der Waals surface area contributed by atoms with E-state index in [0.29, 0.717) is 37.5 Å². The van der Waals surface area contributed by atoms with Crippen LogP contribution in [-0.2, 0) is 22.7 Å². The first-order valence-corrected chi connectivity index (χ1v) is 10.4. The summed E-state index contributed by atoms with van der Waals surface area (Å²) >= 11 is 0. The number of piperidine rings is 2. The van der Waals surface area contributed by atoms with E-state index in [1.807, 2.05) is 18.2 Å². The van der Waals surface area contributed by atoms with Crippen LogP contribution >= 0.6 is 0 Å². The molecule has 8 nitrogen and oxygen atoms in total. The summed E-state index contributed by atoms with van der Waals surface area (Å²) < 4.78 is 0. The van der Waals surface area contributed by atoms with Crippen LogP contribution in [0.4, 0.5) is 0 Å². The molecule has 3 heterocycles. The van der Waals surface area contributed by atoms with Crippen molar-refractivity contribution < 1.29 is 19.5 Å². The van der Waals surface area contributed by atoms with Crippen LogP contribution in [0.2, 0.25) is 0 Å². The highest BCUT2D eigenvalue weighted by molar-refractivity contribution is 6.05. The van der Waals surface area contributed by atoms with Gasteiger partial charge in [-0.15, -0.1) is 0 Å². The lowest BCUT2D eigenvalue weighted by Crippen LogP contribution is -2.52. The standard InChI is InChI=1S/C21H28N4O4/c26-18(14-5-7-22-8-6-14)11-23-10-13-1-2-15-12-25(21(29)16(15)9-13)17-3-4-19(27)24-20(17)28/h1-2,9,14,17-18,22-23,26H,3-8,10-12H2,(H,24,27,28). The number of nitrogens with zero attached hydrogens (tertiary/aromatic N) is 1. The molecule has 29 heavy (non-hydrogen) atoms. The number of carbonyl (C=O) groups excluding carboxylic acids is 3. The van der Waals surface area contributed by atoms with E-state index in [2.05, 4.69) is 16.0 Å². The van der Waals surface area contributed by atoms with Crippen molar-refractivity contribution in [1.82, 2.24) is 20.9 Å². The van der Waals surface area contributed by atoms with Crippen LogP contribution in [0.25, 0.3) is 0 Å². The third-order valence-corrected chi connectivity index (χ3v) is 6.20. The molecule has 0 aromatic heterocycles. The van der Waals surface area contributed by atoms with Gasteiger partial charge in [0.2, 0.25) is 11.8 Å². The lowest BCUT2D eigenvalue weighted by atomic mass is 9.92. The molecule has 4 N–H and O–H groups in total. The number of fused-ring (bicyclic) bond motifs is 1. The summed E-state index contributed by atoms with van der Waals surface area (Å²) in [5, 5.41) is 19.3. The molecule has 0 spiro atoms. The molecule has 2 unspecified atom stereocenters. The first-order chi connectivity index (χ1) is 14.0. The topological polar surface area (TPSA) is 111 Å². The molecule has 4 rings (SSSR count). The second-order valence-electron chi connectivity index (χ2n) is 8.18. The monoisotopic (exact) mass is 400 g/mol. The van der Waals surface area contributed by atoms with Gasteiger partial charge in [-0.1, -0.05) is 12.1 Å². The van der Waals surface area contributed by atoms with Gasteiger partial charge in [0.1, 0.15) is 6.04 Å². The summed E-state index contributed by atoms with van der Waals surface area (Å²) in [4.78, 5) is 37.9. The van der Waals surface area contributed by atoms with E-state index in [4.69, 9.17) is 0 Å². The molecule has 2 saturated heterocycles. The molecule has 2 fully saturated rings. The number of benzene rings is 1. The largest absolute Gasteiger partial charge is 0.392 e. The van der Waals surface area contributed by atoms with Crippen molar-refractivity contribution in [2.24, 2.45) is 5.92 Å². The number of hydrogen-bond acceptors (Lipinski definition) is 6. The van der Waals surface area contributed by atoms with Crippen molar-refractivity contribution in [3.63, 3.8) is 0 Å². The molecule has 3 amide bonds. The van der Waals surface area contributed by atoms with Crippen molar-refractivity contribution in [3.8, 4) is 0 Å². The molecule has 0 aliphatic carbocycles. The first-order valence-electron chi connectivity index (χ1n) is 10.4. The molecular formula is C21H28N4O4. The summed E-state index contributed by atoms with van der Waals surface area (Å²) in [6.07, 6.45) is 2.24. The van der Waals surface area contributed by atoms with E-state index in [9.17, 15) is 19.5 Å². The normalized spacial score (nSPS) is 23.8. The lowest BCUT2D eigenvalue weighted by Gasteiger charge is -2.29. The molecule has 2 atom stereocenters. The maximum absolute atomic E-state index is 12.9. The number of aliphatic hydroxyl groups excluding tert-OH is 1. The van der Waals surface area contributed by atoms with Crippen LogP contribution < -0.4 is 16.0 Å². The van der Waals surface area contributed by atoms with Gasteiger partial charge < -0.3 is 20.6 Å². The van der Waals surface area contributed by atoms with Gasteiger partial charge in [0.15, 0.2) is 0 Å². The SMILES string of the molecule is O=C1CCC(N2Cc3ccc(CNCC(O)C4CCNCC4)cc3C2=O)C(=O)N1. The predicted molar refractivity (Wildman–Crippen MR) is 106 cm³/mol. The number of nitrogens with one attached hydrogen (secondary N) is 3. The van der Waals surface area contributed by atoms with Gasteiger partial charge in [-0.2, -0.15) is 0 Å². The summed E-state index contributed by atoms with van der Waals surface area (Å²) in [6, 6.07) is 5.19. The summed E-state index contributed by atoms with van der Waals surface area (Å²) in [5.74, 6) is -0.509. The number of aliphatic hydroxyl groups is 1. The molecule has 1 aromatic rings. The fourth-order valence-corrected chi connectivity index (χ4v) is 4.47. The molecule has 0 bridgehead atoms. The minimum absolute atomic E-state index is 0.161. The Morgan fingerprint density at radius 2 is 1.97 bits per heavy atom. The zero-order chi connectivity index (χ0) is 20.4. The summed E-state index contributed by atoms with van der Waals surface area (Å²) in [5.41, 5.74) is 2.49. The molecule has 8 heteroatoms. The van der Waals surface area contributed by atoms with Crippen molar-refractivity contribution in [2.45, 2.75) is 50.9 Å². The number of carbonyl (C=O) groups is 3. The Kier molecular flexibility index (Phi) is 5.94. The molecule has 0 saturated carbocycles. The van der Waals surface area contributed by atoms with Crippen LogP contribution in [0.15, 0.2) is 18.2 Å². The predicted octanol–water partition coefficient (Wildman–Crippen LogP) is -0.102. The Morgan fingerprint density at radius 1 is 1.17 bits per heavy atom. The van der Waals surface area contributed by atoms with Gasteiger partial charge in [0.05, 0.1) is 6.10 Å². The van der Waals surface area contributed by atoms with E-state index >= 15 is 0 Å². The Hall–Kier alpha value is -2.29. The maximum Gasteiger partial charge on any atom is 0.255 e. The second-order valence-corrected chi connectivity index (χ2v) is 8.18. The number of amides is 3. The number of hydrogen-bond donors (Lipinski definition) is 4. The highest BCUT2D eigenvalue weighted by atomic mass is 16.3. The van der Waals surface area contributed by atoms with Crippen molar-refractivity contribution in [2.75, 3.05) is 19.6 Å². The summed E-state index contributed by atoms with van der Waals surface area (Å²) in [7, 11) is 0. The van der Waals surface area contributed by atoms with Gasteiger partial charge >= 0.3 is 0 Å². The number of rotatable bonds is 6. The van der Waals surface area contributed by atoms with E-state index in [0.717, 1.165) is 37.1 Å². The maximum atomic E-state index is 12.9. The van der Waals surface area contributed by atoms with Gasteiger partial charge in [-0.25, -0.2) is 0 Å². The lowest BCUT2D eigenvalue weighted by molar-refractivity contribution is -0.136. The average molecular weight is 400 g/mol. The Morgan fingerprint density at radius 3 is 2.72 bits per heavy atom. The zero-order valence-corrected chi connectivity index (χ0v) is 16.4. The molecular weight excluding hydrogens is 372 g/mol. The van der Waals surface area contributed by atoms with E-state index in [1.54, 1.807) is 4.90 Å². The van der Waals surface area contributed by atoms with Crippen LogP contribution in [0.1, 0.15) is 47.2 Å². The van der Waals surface area contributed by atoms with Crippen molar-refractivity contribution in [1.29, 1.82) is 0 Å². The molecule has 0 radical (unpaired) electrons. The quantitative estimate of drug-likeness (QED) is 0.496. The van der Waals surface area contributed by atoms with Gasteiger partial charge in [-0.3, -0.25) is 19.7 Å². The molecule has 156 valence electrons. The fraction of sp³-hybridized carbons (Fsp3) is 0.571. The molecule has 3 aliphatic rings. The summed E-state index contributed by atoms with van der Waals surface area (Å²) in [6.45, 7) is 3.40. The molecule has 3 aliphatic heterocycles. The van der Waals surface area contributed by atoms with Gasteiger partial charge in [0, 0.05) is 31.6 Å². The van der Waals surface area contributed by atoms with Gasteiger partial charge in [-0.05, 0) is 55.5 Å². The van der Waals surface area contributed by atoms with E-state index in [1.165, 1.54) is 0 Å². The fourth-order valence-electron chi connectivity index (χ4n) is 4.47. The Balaban J connectivity index is 1.34. The van der Waals surface area contributed by atoms with Gasteiger partial charge in [0.25, 0.3) is 5.91 Å². The van der Waals surface area contributed by atoms with Crippen LogP contribution in [0, 0.1) is 5.92 Å². The third-order valence-electron chi connectivity index (χ3n) is 6.20. The van der Waals surface area contributed by atoms with Crippen LogP contribution in [-0.4, -0.2) is 59.5 Å².